The number of halogens is 3. The number of rotatable bonds is 3. The van der Waals surface area contributed by atoms with Crippen molar-refractivity contribution >= 4 is 8.25 Å². The Labute approximate surface area is 78.1 Å². The van der Waals surface area contributed by atoms with Crippen molar-refractivity contribution in [3.8, 4) is 0 Å². The lowest BCUT2D eigenvalue weighted by molar-refractivity contribution is 0.263. The Morgan fingerprint density at radius 1 is 1.29 bits per heavy atom. The maximum Gasteiger partial charge on any atom is 0.316 e. The monoisotopic (exact) mass is 226 g/mol. The van der Waals surface area contributed by atoms with Crippen molar-refractivity contribution < 1.29 is 27.2 Å². The van der Waals surface area contributed by atoms with Gasteiger partial charge < -0.3 is 9.42 Å². The fourth-order valence-corrected chi connectivity index (χ4v) is 1.11. The van der Waals surface area contributed by atoms with E-state index in [4.69, 9.17) is 4.89 Å². The van der Waals surface area contributed by atoms with Crippen LogP contribution in [0.15, 0.2) is 12.1 Å². The third kappa shape index (κ3) is 2.83. The summed E-state index contributed by atoms with van der Waals surface area (Å²) in [7, 11) is -3.25. The second-order valence-electron chi connectivity index (χ2n) is 2.40. The van der Waals surface area contributed by atoms with Gasteiger partial charge in [0, 0.05) is 17.7 Å². The number of hydrogen-bond donors (Lipinski definition) is 1. The quantitative estimate of drug-likeness (QED) is 0.801. The molecule has 0 fully saturated rings. The summed E-state index contributed by atoms with van der Waals surface area (Å²) in [4.78, 5) is 8.26. The predicted octanol–water partition coefficient (Wildman–Crippen LogP) is 2.00. The largest absolute Gasteiger partial charge is 0.326 e. The van der Waals surface area contributed by atoms with Crippen molar-refractivity contribution in [2.75, 3.05) is 0 Å². The highest BCUT2D eigenvalue weighted by molar-refractivity contribution is 7.32. The molecule has 14 heavy (non-hydrogen) atoms. The minimum Gasteiger partial charge on any atom is -0.326 e. The Kier molecular flexibility index (Phi) is 3.69. The van der Waals surface area contributed by atoms with E-state index in [0.29, 0.717) is 12.1 Å². The third-order valence-corrected chi connectivity index (χ3v) is 1.84. The topological polar surface area (TPSA) is 46.5 Å². The van der Waals surface area contributed by atoms with Crippen LogP contribution in [0.4, 0.5) is 13.2 Å². The van der Waals surface area contributed by atoms with Gasteiger partial charge >= 0.3 is 8.25 Å². The minimum absolute atomic E-state index is 0.469. The number of benzene rings is 1. The standard InChI is InChI=1S/C7H6F3O3P/c8-4-1-6(9)5(7(10)2-4)3-13-14(11)12/h1-2,14H,3H2,(H,11,12). The fraction of sp³-hybridized carbons (Fsp3) is 0.143. The zero-order valence-electron chi connectivity index (χ0n) is 6.76. The molecule has 1 N–H and O–H groups in total. The lowest BCUT2D eigenvalue weighted by Gasteiger charge is -2.03. The van der Waals surface area contributed by atoms with E-state index in [9.17, 15) is 17.7 Å². The van der Waals surface area contributed by atoms with Crippen LogP contribution in [0, 0.1) is 17.5 Å². The van der Waals surface area contributed by atoms with Gasteiger partial charge in [-0.15, -0.1) is 0 Å². The van der Waals surface area contributed by atoms with E-state index < -0.39 is 37.9 Å². The van der Waals surface area contributed by atoms with Crippen molar-refractivity contribution in [1.29, 1.82) is 0 Å². The van der Waals surface area contributed by atoms with Crippen molar-refractivity contribution in [2.24, 2.45) is 0 Å². The molecule has 0 saturated carbocycles. The van der Waals surface area contributed by atoms with Crippen LogP contribution in [0.25, 0.3) is 0 Å². The molecule has 0 spiro atoms. The molecule has 0 aliphatic rings. The summed E-state index contributed by atoms with van der Waals surface area (Å²) in [5, 5.41) is 0. The van der Waals surface area contributed by atoms with Gasteiger partial charge in [-0.2, -0.15) is 0 Å². The number of hydrogen-bond acceptors (Lipinski definition) is 2. The summed E-state index contributed by atoms with van der Waals surface area (Å²) in [6.45, 7) is -0.702. The van der Waals surface area contributed by atoms with E-state index in [1.54, 1.807) is 0 Å². The average Bonchev–Trinajstić information content (AvgIpc) is 2.01. The molecule has 1 aromatic carbocycles. The highest BCUT2D eigenvalue weighted by Crippen LogP contribution is 2.22. The second-order valence-corrected chi connectivity index (χ2v) is 3.22. The molecule has 78 valence electrons. The highest BCUT2D eigenvalue weighted by Gasteiger charge is 2.12. The second kappa shape index (κ2) is 4.59. The first-order valence-electron chi connectivity index (χ1n) is 3.50. The summed E-state index contributed by atoms with van der Waals surface area (Å²) in [6.07, 6.45) is 0. The van der Waals surface area contributed by atoms with Crippen LogP contribution in [0.5, 0.6) is 0 Å². The lowest BCUT2D eigenvalue weighted by atomic mass is 10.2. The molecule has 0 bridgehead atoms. The summed E-state index contributed by atoms with van der Waals surface area (Å²) >= 11 is 0. The van der Waals surface area contributed by atoms with Crippen LogP contribution in [0.2, 0.25) is 0 Å². The van der Waals surface area contributed by atoms with Gasteiger partial charge in [-0.05, 0) is 0 Å². The van der Waals surface area contributed by atoms with Gasteiger partial charge in [-0.1, -0.05) is 0 Å². The zero-order valence-corrected chi connectivity index (χ0v) is 7.76. The van der Waals surface area contributed by atoms with Gasteiger partial charge in [-0.25, -0.2) is 13.2 Å². The Hall–Kier alpha value is -0.840. The van der Waals surface area contributed by atoms with E-state index in [1.807, 2.05) is 0 Å². The van der Waals surface area contributed by atoms with Crippen molar-refractivity contribution in [3.63, 3.8) is 0 Å². The first-order valence-corrected chi connectivity index (χ1v) is 4.76. The molecule has 0 aliphatic carbocycles. The van der Waals surface area contributed by atoms with E-state index >= 15 is 0 Å². The van der Waals surface area contributed by atoms with Crippen LogP contribution in [0.3, 0.4) is 0 Å². The molecule has 0 saturated heterocycles. The van der Waals surface area contributed by atoms with E-state index in [2.05, 4.69) is 4.52 Å². The van der Waals surface area contributed by atoms with Crippen molar-refractivity contribution in [2.45, 2.75) is 6.61 Å². The summed E-state index contributed by atoms with van der Waals surface area (Å²) in [5.41, 5.74) is -0.571. The van der Waals surface area contributed by atoms with Crippen LogP contribution in [-0.2, 0) is 15.7 Å². The Morgan fingerprint density at radius 2 is 1.79 bits per heavy atom. The zero-order chi connectivity index (χ0) is 10.7. The van der Waals surface area contributed by atoms with Gasteiger partial charge in [0.05, 0.1) is 6.61 Å². The van der Waals surface area contributed by atoms with Crippen molar-refractivity contribution in [3.05, 3.63) is 35.1 Å². The Balaban J connectivity index is 2.91. The first-order chi connectivity index (χ1) is 6.50. The molecule has 1 aromatic rings. The molecule has 1 atom stereocenters. The highest BCUT2D eigenvalue weighted by atomic mass is 31.1. The maximum absolute atomic E-state index is 12.8. The van der Waals surface area contributed by atoms with Gasteiger partial charge in [0.25, 0.3) is 0 Å². The van der Waals surface area contributed by atoms with E-state index in [0.717, 1.165) is 0 Å². The molecule has 0 heterocycles. The van der Waals surface area contributed by atoms with E-state index in [1.165, 1.54) is 0 Å². The molecule has 1 unspecified atom stereocenters. The smallest absolute Gasteiger partial charge is 0.316 e. The van der Waals surface area contributed by atoms with Crippen molar-refractivity contribution in [1.82, 2.24) is 0 Å². The Morgan fingerprint density at radius 3 is 2.21 bits per heavy atom. The molecular formula is C7H6F3O3P. The minimum atomic E-state index is -3.25. The van der Waals surface area contributed by atoms with Crippen LogP contribution in [0.1, 0.15) is 5.56 Å². The molecule has 7 heteroatoms. The molecule has 0 aromatic heterocycles. The summed E-state index contributed by atoms with van der Waals surface area (Å²) in [5.74, 6) is -3.35. The van der Waals surface area contributed by atoms with Crippen LogP contribution in [-0.4, -0.2) is 4.89 Å². The van der Waals surface area contributed by atoms with Gasteiger partial charge in [0.15, 0.2) is 0 Å². The molecule has 0 radical (unpaired) electrons. The maximum atomic E-state index is 12.8. The normalized spacial score (nSPS) is 12.9. The predicted molar refractivity (Wildman–Crippen MR) is 42.3 cm³/mol. The van der Waals surface area contributed by atoms with Gasteiger partial charge in [-0.3, -0.25) is 4.57 Å². The molecule has 0 aliphatic heterocycles. The Bertz CT molecular complexity index is 346. The molecule has 3 nitrogen and oxygen atoms in total. The van der Waals surface area contributed by atoms with Crippen LogP contribution < -0.4 is 0 Å². The lowest BCUT2D eigenvalue weighted by Crippen LogP contribution is -1.97. The van der Waals surface area contributed by atoms with Gasteiger partial charge in [0.1, 0.15) is 17.5 Å². The SMILES string of the molecule is O=[PH](O)OCc1c(F)cc(F)cc1F. The van der Waals surface area contributed by atoms with Gasteiger partial charge in [0.2, 0.25) is 0 Å². The first kappa shape index (κ1) is 11.2. The van der Waals surface area contributed by atoms with E-state index in [-0.39, 0.29) is 0 Å². The summed E-state index contributed by atoms with van der Waals surface area (Å²) in [6, 6.07) is 0.937. The average molecular weight is 226 g/mol. The molecule has 0 amide bonds. The summed E-state index contributed by atoms with van der Waals surface area (Å²) < 4.78 is 52.3. The molecular weight excluding hydrogens is 220 g/mol. The third-order valence-electron chi connectivity index (χ3n) is 1.45. The molecule has 1 rings (SSSR count). The fourth-order valence-electron chi connectivity index (χ4n) is 0.844. The van der Waals surface area contributed by atoms with Crippen LogP contribution >= 0.6 is 8.25 Å².